The van der Waals surface area contributed by atoms with Gasteiger partial charge in [0.25, 0.3) is 0 Å². The normalized spacial score (nSPS) is 15.8. The van der Waals surface area contributed by atoms with Crippen molar-refractivity contribution in [1.82, 2.24) is 0 Å². The number of hydrogen-bond acceptors (Lipinski definition) is 6. The molecule has 1 unspecified atom stereocenters. The highest BCUT2D eigenvalue weighted by atomic mass is 32.1. The third kappa shape index (κ3) is 3.35. The SMILES string of the molecule is O=C(O)C(=O)Nc1sc2c(c1C(=O)O)CC(C(=O)c1ccccc1)OC2. The number of anilines is 1. The highest BCUT2D eigenvalue weighted by Crippen LogP contribution is 2.38. The van der Waals surface area contributed by atoms with Gasteiger partial charge in [0.05, 0.1) is 12.2 Å². The number of thiophene rings is 1. The Kier molecular flexibility index (Phi) is 4.83. The molecule has 3 rings (SSSR count). The first-order valence-corrected chi connectivity index (χ1v) is 8.33. The minimum Gasteiger partial charge on any atom is -0.478 e. The second kappa shape index (κ2) is 7.06. The summed E-state index contributed by atoms with van der Waals surface area (Å²) < 4.78 is 5.56. The first kappa shape index (κ1) is 17.8. The van der Waals surface area contributed by atoms with Crippen LogP contribution in [0.25, 0.3) is 0 Å². The van der Waals surface area contributed by atoms with Crippen molar-refractivity contribution >= 4 is 40.0 Å². The molecule has 9 heteroatoms. The summed E-state index contributed by atoms with van der Waals surface area (Å²) >= 11 is 0.933. The Labute approximate surface area is 151 Å². The van der Waals surface area contributed by atoms with E-state index in [0.29, 0.717) is 16.0 Å². The molecule has 0 spiro atoms. The molecule has 0 saturated carbocycles. The van der Waals surface area contributed by atoms with Crippen LogP contribution in [0.3, 0.4) is 0 Å². The zero-order valence-corrected chi connectivity index (χ0v) is 14.0. The molecule has 1 aliphatic rings. The summed E-state index contributed by atoms with van der Waals surface area (Å²) in [6.07, 6.45) is -0.815. The molecule has 1 amide bonds. The van der Waals surface area contributed by atoms with E-state index in [9.17, 15) is 24.3 Å². The topological polar surface area (TPSA) is 130 Å². The van der Waals surface area contributed by atoms with E-state index in [4.69, 9.17) is 9.84 Å². The van der Waals surface area contributed by atoms with Gasteiger partial charge in [0.1, 0.15) is 11.1 Å². The number of fused-ring (bicyclic) bond motifs is 1. The number of rotatable bonds is 4. The van der Waals surface area contributed by atoms with Crippen LogP contribution in [-0.4, -0.2) is 39.9 Å². The highest BCUT2D eigenvalue weighted by molar-refractivity contribution is 7.17. The van der Waals surface area contributed by atoms with Crippen molar-refractivity contribution in [3.63, 3.8) is 0 Å². The zero-order valence-electron chi connectivity index (χ0n) is 13.2. The fourth-order valence-electron chi connectivity index (χ4n) is 2.69. The van der Waals surface area contributed by atoms with Gasteiger partial charge in [0.15, 0.2) is 5.78 Å². The number of carboxylic acid groups (broad SMARTS) is 2. The van der Waals surface area contributed by atoms with E-state index in [0.717, 1.165) is 11.3 Å². The number of benzene rings is 1. The smallest absolute Gasteiger partial charge is 0.394 e. The van der Waals surface area contributed by atoms with Crippen LogP contribution in [0.1, 0.15) is 31.2 Å². The number of ether oxygens (including phenoxy) is 1. The Morgan fingerprint density at radius 1 is 1.12 bits per heavy atom. The van der Waals surface area contributed by atoms with Gasteiger partial charge in [-0.15, -0.1) is 11.3 Å². The summed E-state index contributed by atoms with van der Waals surface area (Å²) in [5.41, 5.74) is 0.630. The molecule has 3 N–H and O–H groups in total. The third-order valence-electron chi connectivity index (χ3n) is 3.88. The molecule has 0 aliphatic carbocycles. The van der Waals surface area contributed by atoms with Crippen LogP contribution < -0.4 is 5.32 Å². The number of Topliss-reactive ketones (excluding diaryl/α,β-unsaturated/α-hetero) is 1. The lowest BCUT2D eigenvalue weighted by atomic mass is 9.95. The lowest BCUT2D eigenvalue weighted by Crippen LogP contribution is -2.31. The van der Waals surface area contributed by atoms with Gasteiger partial charge >= 0.3 is 17.8 Å². The predicted octanol–water partition coefficient (Wildman–Crippen LogP) is 1.79. The molecule has 1 atom stereocenters. The number of nitrogens with one attached hydrogen (secondary N) is 1. The van der Waals surface area contributed by atoms with Crippen LogP contribution in [0.5, 0.6) is 0 Å². The Morgan fingerprint density at radius 2 is 1.81 bits per heavy atom. The average molecular weight is 375 g/mol. The van der Waals surface area contributed by atoms with Crippen molar-refractivity contribution in [1.29, 1.82) is 0 Å². The van der Waals surface area contributed by atoms with Crippen molar-refractivity contribution in [2.45, 2.75) is 19.1 Å². The summed E-state index contributed by atoms with van der Waals surface area (Å²) in [5.74, 6) is -4.63. The minimum absolute atomic E-state index is 0.00641. The summed E-state index contributed by atoms with van der Waals surface area (Å²) in [4.78, 5) is 46.8. The van der Waals surface area contributed by atoms with Crippen molar-refractivity contribution in [2.24, 2.45) is 0 Å². The molecule has 1 aromatic heterocycles. The lowest BCUT2D eigenvalue weighted by molar-refractivity contribution is -0.147. The summed E-state index contributed by atoms with van der Waals surface area (Å²) in [7, 11) is 0. The maximum absolute atomic E-state index is 12.5. The largest absolute Gasteiger partial charge is 0.478 e. The number of hydrogen-bond donors (Lipinski definition) is 3. The van der Waals surface area contributed by atoms with Gasteiger partial charge in [-0.3, -0.25) is 9.59 Å². The first-order chi connectivity index (χ1) is 12.4. The Morgan fingerprint density at radius 3 is 2.42 bits per heavy atom. The van der Waals surface area contributed by atoms with Gasteiger partial charge in [0, 0.05) is 16.9 Å². The monoisotopic (exact) mass is 375 g/mol. The van der Waals surface area contributed by atoms with Crippen LogP contribution in [-0.2, 0) is 27.4 Å². The molecule has 2 aromatic rings. The molecule has 1 aliphatic heterocycles. The van der Waals surface area contributed by atoms with Crippen LogP contribution in [0.4, 0.5) is 5.00 Å². The Hall–Kier alpha value is -3.04. The van der Waals surface area contributed by atoms with Gasteiger partial charge < -0.3 is 20.3 Å². The van der Waals surface area contributed by atoms with Crippen LogP contribution in [0, 0.1) is 0 Å². The standard InChI is InChI=1S/C17H13NO7S/c19-13(8-4-2-1-3-5-8)10-6-9-11(7-25-10)26-15(12(9)16(21)22)18-14(20)17(23)24/h1-5,10H,6-7H2,(H,18,20)(H,21,22)(H,23,24). The minimum atomic E-state index is -1.72. The van der Waals surface area contributed by atoms with Crippen molar-refractivity contribution in [3.8, 4) is 0 Å². The van der Waals surface area contributed by atoms with Gasteiger partial charge in [-0.05, 0) is 5.56 Å². The summed E-state index contributed by atoms with van der Waals surface area (Å²) in [6, 6.07) is 8.49. The molecule has 0 fully saturated rings. The maximum Gasteiger partial charge on any atom is 0.394 e. The van der Waals surface area contributed by atoms with Gasteiger partial charge in [-0.25, -0.2) is 9.59 Å². The van der Waals surface area contributed by atoms with E-state index in [1.54, 1.807) is 30.3 Å². The van der Waals surface area contributed by atoms with Crippen LogP contribution >= 0.6 is 11.3 Å². The fourth-order valence-corrected chi connectivity index (χ4v) is 3.83. The molecule has 2 heterocycles. The van der Waals surface area contributed by atoms with Crippen molar-refractivity contribution in [2.75, 3.05) is 5.32 Å². The van der Waals surface area contributed by atoms with E-state index < -0.39 is 23.9 Å². The van der Waals surface area contributed by atoms with Crippen LogP contribution in [0.15, 0.2) is 30.3 Å². The number of aromatic carboxylic acids is 1. The number of carboxylic acids is 2. The molecule has 0 radical (unpaired) electrons. The number of ketones is 1. The predicted molar refractivity (Wildman–Crippen MR) is 90.6 cm³/mol. The van der Waals surface area contributed by atoms with E-state index in [1.165, 1.54) is 0 Å². The Balaban J connectivity index is 1.91. The number of carbonyl (C=O) groups excluding carboxylic acids is 2. The first-order valence-electron chi connectivity index (χ1n) is 7.51. The second-order valence-corrected chi connectivity index (χ2v) is 6.61. The number of amides is 1. The zero-order chi connectivity index (χ0) is 18.8. The van der Waals surface area contributed by atoms with E-state index in [2.05, 4.69) is 5.32 Å². The molecule has 1 aromatic carbocycles. The number of aliphatic carboxylic acids is 1. The van der Waals surface area contributed by atoms with Gasteiger partial charge in [0.2, 0.25) is 0 Å². The molecular formula is C17H13NO7S. The molecule has 134 valence electrons. The maximum atomic E-state index is 12.5. The number of carbonyl (C=O) groups is 4. The van der Waals surface area contributed by atoms with Crippen LogP contribution in [0.2, 0.25) is 0 Å². The molecule has 26 heavy (non-hydrogen) atoms. The summed E-state index contributed by atoms with van der Waals surface area (Å²) in [6.45, 7) is 0.00641. The van der Waals surface area contributed by atoms with E-state index in [-0.39, 0.29) is 29.4 Å². The Bertz CT molecular complexity index is 903. The quantitative estimate of drug-likeness (QED) is 0.549. The van der Waals surface area contributed by atoms with E-state index >= 15 is 0 Å². The van der Waals surface area contributed by atoms with Crippen molar-refractivity contribution in [3.05, 3.63) is 51.9 Å². The summed E-state index contributed by atoms with van der Waals surface area (Å²) in [5, 5.41) is 20.2. The van der Waals surface area contributed by atoms with E-state index in [1.807, 2.05) is 0 Å². The fraction of sp³-hybridized carbons (Fsp3) is 0.176. The van der Waals surface area contributed by atoms with Gasteiger partial charge in [-0.1, -0.05) is 30.3 Å². The third-order valence-corrected chi connectivity index (χ3v) is 5.00. The van der Waals surface area contributed by atoms with Crippen molar-refractivity contribution < 1.29 is 34.1 Å². The van der Waals surface area contributed by atoms with Gasteiger partial charge in [-0.2, -0.15) is 0 Å². The lowest BCUT2D eigenvalue weighted by Gasteiger charge is -2.22. The molecule has 8 nitrogen and oxygen atoms in total. The molecule has 0 bridgehead atoms. The molecular weight excluding hydrogens is 362 g/mol. The average Bonchev–Trinajstić information content (AvgIpc) is 2.98. The molecule has 0 saturated heterocycles. The highest BCUT2D eigenvalue weighted by Gasteiger charge is 2.33. The second-order valence-electron chi connectivity index (χ2n) is 5.51.